The standard InChI is InChI=1S/C20H24N4O2/c1-15-5-3-7-18(16(15)2)22-19(25)14-23-9-11-24(12-10-23)20(26)17-6-4-8-21-13-17/h3-8,13H,9-12,14H2,1-2H3,(H,22,25). The number of aromatic nitrogens is 1. The van der Waals surface area contributed by atoms with Crippen LogP contribution >= 0.6 is 0 Å². The summed E-state index contributed by atoms with van der Waals surface area (Å²) in [6, 6.07) is 9.44. The van der Waals surface area contributed by atoms with E-state index in [0.29, 0.717) is 38.3 Å². The van der Waals surface area contributed by atoms with Gasteiger partial charge in [-0.15, -0.1) is 0 Å². The van der Waals surface area contributed by atoms with Gasteiger partial charge in [-0.1, -0.05) is 12.1 Å². The molecule has 6 nitrogen and oxygen atoms in total. The number of amides is 2. The van der Waals surface area contributed by atoms with Crippen molar-refractivity contribution in [2.75, 3.05) is 38.0 Å². The van der Waals surface area contributed by atoms with Gasteiger partial charge in [0, 0.05) is 44.3 Å². The van der Waals surface area contributed by atoms with E-state index < -0.39 is 0 Å². The van der Waals surface area contributed by atoms with Crippen molar-refractivity contribution in [3.63, 3.8) is 0 Å². The van der Waals surface area contributed by atoms with E-state index >= 15 is 0 Å². The van der Waals surface area contributed by atoms with Crippen LogP contribution in [0.15, 0.2) is 42.7 Å². The highest BCUT2D eigenvalue weighted by Gasteiger charge is 2.23. The van der Waals surface area contributed by atoms with E-state index in [1.807, 2.05) is 36.9 Å². The molecule has 3 rings (SSSR count). The van der Waals surface area contributed by atoms with Crippen molar-refractivity contribution < 1.29 is 9.59 Å². The summed E-state index contributed by atoms with van der Waals surface area (Å²) in [5, 5.41) is 2.99. The predicted octanol–water partition coefficient (Wildman–Crippen LogP) is 2.09. The summed E-state index contributed by atoms with van der Waals surface area (Å²) in [6.45, 7) is 6.98. The van der Waals surface area contributed by atoms with Gasteiger partial charge < -0.3 is 10.2 Å². The van der Waals surface area contributed by atoms with E-state index in [4.69, 9.17) is 0 Å². The number of rotatable bonds is 4. The third-order valence-electron chi connectivity index (χ3n) is 4.81. The van der Waals surface area contributed by atoms with Crippen molar-refractivity contribution >= 4 is 17.5 Å². The minimum Gasteiger partial charge on any atom is -0.336 e. The molecule has 2 aromatic rings. The molecule has 1 aliphatic rings. The molecule has 2 heterocycles. The van der Waals surface area contributed by atoms with Crippen LogP contribution in [0, 0.1) is 13.8 Å². The lowest BCUT2D eigenvalue weighted by molar-refractivity contribution is -0.117. The van der Waals surface area contributed by atoms with Gasteiger partial charge in [-0.05, 0) is 43.2 Å². The molecular weight excluding hydrogens is 328 g/mol. The quantitative estimate of drug-likeness (QED) is 0.915. The molecule has 1 fully saturated rings. The van der Waals surface area contributed by atoms with E-state index in [2.05, 4.69) is 15.2 Å². The molecular formula is C20H24N4O2. The second-order valence-electron chi connectivity index (χ2n) is 6.61. The molecule has 0 saturated carbocycles. The van der Waals surface area contributed by atoms with E-state index in [1.54, 1.807) is 24.5 Å². The SMILES string of the molecule is Cc1cccc(NC(=O)CN2CCN(C(=O)c3cccnc3)CC2)c1C. The maximum Gasteiger partial charge on any atom is 0.255 e. The summed E-state index contributed by atoms with van der Waals surface area (Å²) in [6.07, 6.45) is 3.25. The Kier molecular flexibility index (Phi) is 5.63. The molecule has 0 aliphatic carbocycles. The molecule has 1 saturated heterocycles. The second kappa shape index (κ2) is 8.10. The zero-order valence-corrected chi connectivity index (χ0v) is 15.2. The number of pyridine rings is 1. The van der Waals surface area contributed by atoms with Crippen molar-refractivity contribution in [3.8, 4) is 0 Å². The van der Waals surface area contributed by atoms with Crippen LogP contribution in [0.1, 0.15) is 21.5 Å². The normalized spacial score (nSPS) is 14.9. The Morgan fingerprint density at radius 2 is 1.85 bits per heavy atom. The van der Waals surface area contributed by atoms with Crippen molar-refractivity contribution in [3.05, 3.63) is 59.4 Å². The number of carbonyl (C=O) groups excluding carboxylic acids is 2. The summed E-state index contributed by atoms with van der Waals surface area (Å²) in [5.41, 5.74) is 3.71. The first-order chi connectivity index (χ1) is 12.5. The summed E-state index contributed by atoms with van der Waals surface area (Å²) < 4.78 is 0. The zero-order valence-electron chi connectivity index (χ0n) is 15.2. The predicted molar refractivity (Wildman–Crippen MR) is 101 cm³/mol. The third-order valence-corrected chi connectivity index (χ3v) is 4.81. The largest absolute Gasteiger partial charge is 0.336 e. The molecule has 6 heteroatoms. The highest BCUT2D eigenvalue weighted by atomic mass is 16.2. The van der Waals surface area contributed by atoms with E-state index in [0.717, 1.165) is 16.8 Å². The van der Waals surface area contributed by atoms with Crippen LogP contribution in [0.25, 0.3) is 0 Å². The van der Waals surface area contributed by atoms with Crippen molar-refractivity contribution in [2.45, 2.75) is 13.8 Å². The number of nitrogens with one attached hydrogen (secondary N) is 1. The number of benzene rings is 1. The third kappa shape index (κ3) is 4.26. The van der Waals surface area contributed by atoms with Gasteiger partial charge in [-0.2, -0.15) is 0 Å². The van der Waals surface area contributed by atoms with Gasteiger partial charge in [0.25, 0.3) is 5.91 Å². The first-order valence-electron chi connectivity index (χ1n) is 8.82. The molecule has 0 radical (unpaired) electrons. The van der Waals surface area contributed by atoms with Crippen LogP contribution < -0.4 is 5.32 Å². The number of hydrogen-bond donors (Lipinski definition) is 1. The molecule has 2 amide bonds. The Morgan fingerprint density at radius 3 is 2.54 bits per heavy atom. The van der Waals surface area contributed by atoms with Crippen molar-refractivity contribution in [2.24, 2.45) is 0 Å². The van der Waals surface area contributed by atoms with E-state index in [9.17, 15) is 9.59 Å². The van der Waals surface area contributed by atoms with E-state index in [-0.39, 0.29) is 11.8 Å². The summed E-state index contributed by atoms with van der Waals surface area (Å²) in [7, 11) is 0. The van der Waals surface area contributed by atoms with E-state index in [1.165, 1.54) is 0 Å². The maximum atomic E-state index is 12.4. The Hall–Kier alpha value is -2.73. The molecule has 26 heavy (non-hydrogen) atoms. The molecule has 1 aromatic carbocycles. The fourth-order valence-corrected chi connectivity index (χ4v) is 3.06. The zero-order chi connectivity index (χ0) is 18.5. The molecule has 0 bridgehead atoms. The average Bonchev–Trinajstić information content (AvgIpc) is 2.66. The molecule has 0 unspecified atom stereocenters. The highest BCUT2D eigenvalue weighted by molar-refractivity contribution is 5.94. The van der Waals surface area contributed by atoms with Crippen LogP contribution in [0.4, 0.5) is 5.69 Å². The lowest BCUT2D eigenvalue weighted by atomic mass is 10.1. The number of piperazine rings is 1. The van der Waals surface area contributed by atoms with Crippen LogP contribution in [0.5, 0.6) is 0 Å². The second-order valence-corrected chi connectivity index (χ2v) is 6.61. The summed E-state index contributed by atoms with van der Waals surface area (Å²) in [4.78, 5) is 32.7. The van der Waals surface area contributed by atoms with Crippen molar-refractivity contribution in [1.82, 2.24) is 14.8 Å². The van der Waals surface area contributed by atoms with Gasteiger partial charge >= 0.3 is 0 Å². The van der Waals surface area contributed by atoms with Gasteiger partial charge in [0.1, 0.15) is 0 Å². The number of hydrogen-bond acceptors (Lipinski definition) is 4. The van der Waals surface area contributed by atoms with Crippen LogP contribution in [-0.4, -0.2) is 59.3 Å². The van der Waals surface area contributed by atoms with Crippen LogP contribution in [0.2, 0.25) is 0 Å². The Balaban J connectivity index is 1.50. The lowest BCUT2D eigenvalue weighted by Crippen LogP contribution is -2.50. The average molecular weight is 352 g/mol. The minimum atomic E-state index is -0.0225. The Bertz CT molecular complexity index is 784. The minimum absolute atomic E-state index is 0.00223. The van der Waals surface area contributed by atoms with Crippen molar-refractivity contribution in [1.29, 1.82) is 0 Å². The number of anilines is 1. The van der Waals surface area contributed by atoms with Gasteiger partial charge in [0.05, 0.1) is 12.1 Å². The molecule has 1 aliphatic heterocycles. The number of carbonyl (C=O) groups is 2. The first-order valence-corrected chi connectivity index (χ1v) is 8.82. The molecule has 0 atom stereocenters. The lowest BCUT2D eigenvalue weighted by Gasteiger charge is -2.34. The van der Waals surface area contributed by atoms with Gasteiger partial charge in [0.2, 0.25) is 5.91 Å². The van der Waals surface area contributed by atoms with Gasteiger partial charge in [-0.3, -0.25) is 19.5 Å². The summed E-state index contributed by atoms with van der Waals surface area (Å²) in [5.74, 6) is -0.0247. The van der Waals surface area contributed by atoms with Gasteiger partial charge in [-0.25, -0.2) is 0 Å². The van der Waals surface area contributed by atoms with Crippen LogP contribution in [0.3, 0.4) is 0 Å². The smallest absolute Gasteiger partial charge is 0.255 e. The van der Waals surface area contributed by atoms with Gasteiger partial charge in [0.15, 0.2) is 0 Å². The molecule has 1 N–H and O–H groups in total. The topological polar surface area (TPSA) is 65.5 Å². The molecule has 1 aromatic heterocycles. The maximum absolute atomic E-state index is 12.4. The number of nitrogens with zero attached hydrogens (tertiary/aromatic N) is 3. The molecule has 0 spiro atoms. The Morgan fingerprint density at radius 1 is 1.08 bits per heavy atom. The first kappa shape index (κ1) is 18.1. The fraction of sp³-hybridized carbons (Fsp3) is 0.350. The number of aryl methyl sites for hydroxylation is 1. The fourth-order valence-electron chi connectivity index (χ4n) is 3.06. The highest BCUT2D eigenvalue weighted by Crippen LogP contribution is 2.18. The summed E-state index contributed by atoms with van der Waals surface area (Å²) >= 11 is 0. The Labute approximate surface area is 153 Å². The molecule has 136 valence electrons. The monoisotopic (exact) mass is 352 g/mol. The van der Waals surface area contributed by atoms with Crippen LogP contribution in [-0.2, 0) is 4.79 Å².